The molecule has 10 rings (SSSR count). The largest absolute Gasteiger partial charge is 0.381 e. The van der Waals surface area contributed by atoms with Crippen LogP contribution in [-0.2, 0) is 90.3 Å². The standard InChI is InChI=1S/C19H30N2O4S2.C19H24N2O4S.C18H30N2O5S.C16H26N2O5S/c1-19(2,27(23,24)13-14-8-10-25-11-9-14)17(22)21-18-20-16(12-26-18)15-6-4-3-5-7-15;1-19(2,26(23,24)13-14-7-9-25-10-8-14)18(22)21-16-11-15-5-3-4-6-17(15)20-12-16;1-17(2,3)11-14-10-15(25-20-14)19-16(21)18(4,5)26(22,23)12-13-6-8-24-9-7-13;1-4-5-13-10-14(23-18-13)17-15(19)16(2,3)24(20,21)11-12-6-8-22-9-7-12/h12,14-15H,3-11,13H2,1-2H3,(H,20,21,22);3-6,11-12,14H,7-10,13H2,1-2H3,(H,21,22);10,13H,6-9,11-12H2,1-5H3,(H,19,21);10,12H,4-9,11H2,1-3H3,(H,17,19). The van der Waals surface area contributed by atoms with Crippen molar-refractivity contribution in [1.82, 2.24) is 20.3 Å². The molecule has 1 aliphatic carbocycles. The summed E-state index contributed by atoms with van der Waals surface area (Å²) in [5.74, 6) is -1.24. The molecule has 5 aromatic rings. The zero-order valence-electron chi connectivity index (χ0n) is 62.1. The molecule has 0 bridgehead atoms. The van der Waals surface area contributed by atoms with Crippen molar-refractivity contribution in [1.29, 1.82) is 0 Å². The average Bonchev–Trinajstić information content (AvgIpc) is 1.54. The molecule has 1 aromatic carbocycles. The maximum atomic E-state index is 12.9. The summed E-state index contributed by atoms with van der Waals surface area (Å²) in [6, 6.07) is 12.6. The summed E-state index contributed by atoms with van der Waals surface area (Å²) in [6.45, 7) is 24.5. The summed E-state index contributed by atoms with van der Waals surface area (Å²) in [5, 5.41) is 21.7. The normalized spacial score (nSPS) is 17.9. The highest BCUT2D eigenvalue weighted by atomic mass is 32.2. The first-order valence-corrected chi connectivity index (χ1v) is 43.4. The maximum absolute atomic E-state index is 12.9. The highest BCUT2D eigenvalue weighted by molar-refractivity contribution is 7.94. The van der Waals surface area contributed by atoms with Gasteiger partial charge in [0.2, 0.25) is 35.4 Å². The van der Waals surface area contributed by atoms with E-state index in [0.29, 0.717) is 115 Å². The number of anilines is 4. The number of para-hydroxylation sites is 1. The van der Waals surface area contributed by atoms with Gasteiger partial charge in [0.15, 0.2) is 44.5 Å². The fourth-order valence-electron chi connectivity index (χ4n) is 12.2. The van der Waals surface area contributed by atoms with Gasteiger partial charge in [0.1, 0.15) is 19.0 Å². The predicted molar refractivity (Wildman–Crippen MR) is 400 cm³/mol. The van der Waals surface area contributed by atoms with Gasteiger partial charge in [-0.15, -0.1) is 11.3 Å². The number of nitrogens with one attached hydrogen (secondary N) is 4. The molecule has 0 unspecified atom stereocenters. The van der Waals surface area contributed by atoms with E-state index in [-0.39, 0.29) is 63.9 Å². The lowest BCUT2D eigenvalue weighted by Gasteiger charge is -2.28. The molecule has 103 heavy (non-hydrogen) atoms. The number of thiazole rings is 1. The van der Waals surface area contributed by atoms with Crippen LogP contribution in [-0.4, -0.2) is 172 Å². The zero-order chi connectivity index (χ0) is 75.7. The van der Waals surface area contributed by atoms with E-state index in [9.17, 15) is 52.8 Å². The minimum Gasteiger partial charge on any atom is -0.381 e. The van der Waals surface area contributed by atoms with Gasteiger partial charge in [-0.1, -0.05) is 81.9 Å². The van der Waals surface area contributed by atoms with Crippen molar-refractivity contribution in [2.24, 2.45) is 29.1 Å². The third-order valence-corrected chi connectivity index (χ3v) is 31.3. The highest BCUT2D eigenvalue weighted by Gasteiger charge is 2.47. The fourth-order valence-corrected chi connectivity index (χ4v) is 19.8. The molecule has 8 heterocycles. The van der Waals surface area contributed by atoms with Gasteiger partial charge in [-0.2, -0.15) is 0 Å². The Morgan fingerprint density at radius 1 is 0.485 bits per heavy atom. The number of pyridine rings is 1. The molecule has 5 aliphatic rings. The number of carbonyl (C=O) groups excluding carboxylic acids is 4. The summed E-state index contributed by atoms with van der Waals surface area (Å²) in [7, 11) is -14.4. The first-order chi connectivity index (χ1) is 48.3. The van der Waals surface area contributed by atoms with Crippen LogP contribution in [0.4, 0.5) is 22.6 Å². The van der Waals surface area contributed by atoms with Gasteiger partial charge in [-0.25, -0.2) is 38.7 Å². The minimum atomic E-state index is -3.63. The number of hydrogen-bond acceptors (Lipinski definition) is 23. The van der Waals surface area contributed by atoms with E-state index in [0.717, 1.165) is 66.5 Å². The smallest absolute Gasteiger partial charge is 0.247 e. The number of carbonyl (C=O) groups is 4. The van der Waals surface area contributed by atoms with Crippen molar-refractivity contribution in [2.45, 2.75) is 211 Å². The number of amides is 4. The predicted octanol–water partition coefficient (Wildman–Crippen LogP) is 11.5. The second-order valence-corrected chi connectivity index (χ2v) is 42.1. The van der Waals surface area contributed by atoms with Crippen molar-refractivity contribution in [3.8, 4) is 0 Å². The summed E-state index contributed by atoms with van der Waals surface area (Å²) in [6.07, 6.45) is 15.6. The van der Waals surface area contributed by atoms with E-state index in [1.165, 1.54) is 86.0 Å². The Kier molecular flexibility index (Phi) is 30.1. The third-order valence-electron chi connectivity index (χ3n) is 19.9. The Hall–Kier alpha value is -5.80. The molecule has 4 amide bonds. The quantitative estimate of drug-likeness (QED) is 0.0446. The number of ether oxygens (including phenoxy) is 4. The number of nitrogens with zero attached hydrogens (tertiary/aromatic N) is 4. The Morgan fingerprint density at radius 2 is 0.864 bits per heavy atom. The Labute approximate surface area is 613 Å². The zero-order valence-corrected chi connectivity index (χ0v) is 66.1. The van der Waals surface area contributed by atoms with Crippen LogP contribution >= 0.6 is 11.3 Å². The van der Waals surface area contributed by atoms with Crippen molar-refractivity contribution in [3.05, 3.63) is 71.1 Å². The second-order valence-electron chi connectivity index (χ2n) is 30.9. The van der Waals surface area contributed by atoms with Crippen LogP contribution < -0.4 is 21.3 Å². The van der Waals surface area contributed by atoms with E-state index < -0.39 is 82.0 Å². The molecule has 0 atom stereocenters. The van der Waals surface area contributed by atoms with Crippen LogP contribution in [0.3, 0.4) is 0 Å². The molecule has 0 spiro atoms. The van der Waals surface area contributed by atoms with E-state index in [1.54, 1.807) is 24.4 Å². The van der Waals surface area contributed by atoms with Crippen LogP contribution in [0, 0.1) is 29.1 Å². The van der Waals surface area contributed by atoms with Gasteiger partial charge in [0, 0.05) is 81.7 Å². The topological polar surface area (TPSA) is 368 Å². The van der Waals surface area contributed by atoms with Gasteiger partial charge in [-0.05, 0) is 174 Å². The number of rotatable bonds is 24. The van der Waals surface area contributed by atoms with Crippen LogP contribution in [0.2, 0.25) is 0 Å². The number of hydrogen-bond donors (Lipinski definition) is 4. The molecule has 576 valence electrons. The van der Waals surface area contributed by atoms with Crippen molar-refractivity contribution < 1.29 is 80.8 Å². The molecular formula is C72H110N8O18S5. The molecule has 0 radical (unpaired) electrons. The fraction of sp³-hybridized carbons (Fsp3) is 0.694. The Bertz CT molecular complexity index is 4070. The highest BCUT2D eigenvalue weighted by Crippen LogP contribution is 2.36. The van der Waals surface area contributed by atoms with Crippen molar-refractivity contribution in [3.63, 3.8) is 0 Å². The molecule has 4 saturated heterocycles. The number of aromatic nitrogens is 4. The summed E-state index contributed by atoms with van der Waals surface area (Å²) < 4.78 is 128. The minimum absolute atomic E-state index is 0.00569. The van der Waals surface area contributed by atoms with Crippen LogP contribution in [0.1, 0.15) is 196 Å². The summed E-state index contributed by atoms with van der Waals surface area (Å²) in [4.78, 5) is 59.4. The van der Waals surface area contributed by atoms with Crippen LogP contribution in [0.5, 0.6) is 0 Å². The first-order valence-electron chi connectivity index (χ1n) is 35.9. The van der Waals surface area contributed by atoms with E-state index >= 15 is 0 Å². The lowest BCUT2D eigenvalue weighted by molar-refractivity contribution is -0.118. The molecule has 26 nitrogen and oxygen atoms in total. The molecule has 1 saturated carbocycles. The van der Waals surface area contributed by atoms with Crippen molar-refractivity contribution in [2.75, 3.05) is 97.1 Å². The van der Waals surface area contributed by atoms with Crippen LogP contribution in [0.15, 0.2) is 63.1 Å². The average molecular weight is 1540 g/mol. The van der Waals surface area contributed by atoms with E-state index in [1.807, 2.05) is 36.6 Å². The molecule has 31 heteroatoms. The van der Waals surface area contributed by atoms with Gasteiger partial charge in [-0.3, -0.25) is 34.8 Å². The van der Waals surface area contributed by atoms with Gasteiger partial charge in [0.25, 0.3) is 0 Å². The molecular weight excluding hydrogens is 1430 g/mol. The third kappa shape index (κ3) is 23.8. The SMILES string of the molecule is CC(C)(C(=O)Nc1cnc2ccccc2c1)S(=O)(=O)CC1CCOCC1.CC(C)(C(=O)Nc1nc(C2CCCCC2)cs1)S(=O)(=O)CC1CCOCC1.CC(C)(C)Cc1cc(NC(=O)C(C)(C)S(=O)(=O)CC2CCOCC2)on1.CCCc1cc(NC(=O)C(C)(C)S(=O)(=O)CC2CCOCC2)on1. The Morgan fingerprint density at radius 3 is 1.27 bits per heavy atom. The molecule has 4 aliphatic heterocycles. The van der Waals surface area contributed by atoms with Crippen LogP contribution in [0.25, 0.3) is 10.9 Å². The molecule has 5 fully saturated rings. The lowest BCUT2D eigenvalue weighted by atomic mass is 9.87. The maximum Gasteiger partial charge on any atom is 0.247 e. The molecule has 4 aromatic heterocycles. The lowest BCUT2D eigenvalue weighted by Crippen LogP contribution is -2.47. The second kappa shape index (κ2) is 36.7. The van der Waals surface area contributed by atoms with E-state index in [2.05, 4.69) is 62.3 Å². The van der Waals surface area contributed by atoms with Gasteiger partial charge < -0.3 is 38.6 Å². The number of fused-ring (bicyclic) bond motifs is 1. The number of benzene rings is 1. The van der Waals surface area contributed by atoms with Crippen molar-refractivity contribution >= 4 is 108 Å². The van der Waals surface area contributed by atoms with Gasteiger partial charge >= 0.3 is 0 Å². The Balaban J connectivity index is 0.000000192. The number of sulfone groups is 4. The monoisotopic (exact) mass is 1530 g/mol. The molecule has 4 N–H and O–H groups in total. The first kappa shape index (κ1) is 84.5. The number of aryl methyl sites for hydroxylation is 1. The van der Waals surface area contributed by atoms with E-state index in [4.69, 9.17) is 28.0 Å². The summed E-state index contributed by atoms with van der Waals surface area (Å²) >= 11 is 1.38. The summed E-state index contributed by atoms with van der Waals surface area (Å²) in [5.41, 5.74) is 3.81. The van der Waals surface area contributed by atoms with Gasteiger partial charge in [0.05, 0.1) is 57.5 Å².